The van der Waals surface area contributed by atoms with E-state index in [2.05, 4.69) is 16.5 Å². The molecule has 18 heteroatoms. The van der Waals surface area contributed by atoms with Crippen LogP contribution < -0.4 is 47.3 Å². The van der Waals surface area contributed by atoms with Crippen molar-refractivity contribution in [3.05, 3.63) is 0 Å². The quantitative estimate of drug-likeness (QED) is 0.387. The topological polar surface area (TPSA) is 168 Å². The molecule has 0 saturated carbocycles. The molecular formula is Li2O11Si5. The summed E-state index contributed by atoms with van der Waals surface area (Å²) in [5.41, 5.74) is 0. The zero-order valence-corrected chi connectivity index (χ0v) is 14.0. The molecule has 0 atom stereocenters. The molecule has 0 rings (SSSR count). The maximum absolute atomic E-state index is 10.7. The summed E-state index contributed by atoms with van der Waals surface area (Å²) in [7, 11) is -18.4. The van der Waals surface area contributed by atoms with E-state index in [0.29, 0.717) is 0 Å². The SMILES string of the molecule is O=[Si]([O-])O[Si](=O)O[Si](=O)O[Si](=O)O[Si](=O)[O-].[Li+].[Li+]. The van der Waals surface area contributed by atoms with Crippen LogP contribution >= 0.6 is 0 Å². The van der Waals surface area contributed by atoms with E-state index in [1.165, 1.54) is 0 Å². The average molecular weight is 330 g/mol. The van der Waals surface area contributed by atoms with Gasteiger partial charge in [0.2, 0.25) is 0 Å². The monoisotopic (exact) mass is 330 g/mol. The predicted octanol–water partition coefficient (Wildman–Crippen LogP) is -11.1. The standard InChI is InChI=1S/2Li.O11Si5/c;;1-12(2)8-14(5)10-16(7)11-15(6)9-13(3)4/q2*+1;-2. The molecule has 0 heterocycles. The first kappa shape index (κ1) is 23.2. The fraction of sp³-hybridized carbons (Fsp3) is 0. The van der Waals surface area contributed by atoms with Gasteiger partial charge >= 0.3 is 83.6 Å². The van der Waals surface area contributed by atoms with Gasteiger partial charge < -0.3 is 43.9 Å². The summed E-state index contributed by atoms with van der Waals surface area (Å²) in [5.74, 6) is 0. The van der Waals surface area contributed by atoms with Crippen molar-refractivity contribution in [2.75, 3.05) is 0 Å². The van der Waals surface area contributed by atoms with Crippen LogP contribution in [0.25, 0.3) is 0 Å². The predicted molar refractivity (Wildman–Crippen MR) is 36.5 cm³/mol. The molecule has 0 aliphatic rings. The van der Waals surface area contributed by atoms with Gasteiger partial charge in [-0.25, -0.2) is 0 Å². The molecule has 88 valence electrons. The van der Waals surface area contributed by atoms with Gasteiger partial charge in [-0.1, -0.05) is 0 Å². The van der Waals surface area contributed by atoms with E-state index in [0.717, 1.165) is 0 Å². The molecule has 0 aliphatic carbocycles. The summed E-state index contributed by atoms with van der Waals surface area (Å²) in [6.07, 6.45) is 0. The van der Waals surface area contributed by atoms with Crippen LogP contribution in [0, 0.1) is 0 Å². The van der Waals surface area contributed by atoms with Crippen molar-refractivity contribution < 1.29 is 86.1 Å². The normalized spacial score (nSPS) is 7.56. The van der Waals surface area contributed by atoms with E-state index in [-0.39, 0.29) is 37.7 Å². The van der Waals surface area contributed by atoms with Crippen molar-refractivity contribution in [3.8, 4) is 0 Å². The summed E-state index contributed by atoms with van der Waals surface area (Å²) in [6, 6.07) is 0. The van der Waals surface area contributed by atoms with Crippen LogP contribution in [0.2, 0.25) is 0 Å². The molecule has 0 spiro atoms. The Labute approximate surface area is 131 Å². The fourth-order valence-electron chi connectivity index (χ4n) is 0.335. The molecule has 0 amide bonds. The molecule has 0 aliphatic heterocycles. The molecule has 0 aromatic heterocycles. The molecule has 0 unspecified atom stereocenters. The van der Waals surface area contributed by atoms with Crippen LogP contribution in [0.5, 0.6) is 0 Å². The summed E-state index contributed by atoms with van der Waals surface area (Å²) in [4.78, 5) is 19.7. The van der Waals surface area contributed by atoms with Crippen molar-refractivity contribution in [1.29, 1.82) is 0 Å². The van der Waals surface area contributed by atoms with Crippen LogP contribution in [-0.4, -0.2) is 45.9 Å². The molecule has 11 nitrogen and oxygen atoms in total. The Morgan fingerprint density at radius 1 is 0.556 bits per heavy atom. The summed E-state index contributed by atoms with van der Waals surface area (Å²) in [5, 5.41) is 0. The van der Waals surface area contributed by atoms with Gasteiger partial charge in [-0.3, -0.25) is 4.46 Å². The van der Waals surface area contributed by atoms with Crippen LogP contribution in [-0.2, 0) is 38.8 Å². The first-order valence-electron chi connectivity index (χ1n) is 3.06. The van der Waals surface area contributed by atoms with Gasteiger partial charge in [-0.2, -0.15) is 0 Å². The molecular weight excluding hydrogens is 330 g/mol. The Hall–Kier alpha value is 0.0792. The van der Waals surface area contributed by atoms with E-state index in [9.17, 15) is 31.9 Å². The van der Waals surface area contributed by atoms with Crippen molar-refractivity contribution in [3.63, 3.8) is 0 Å². The fourth-order valence-corrected chi connectivity index (χ4v) is 4.14. The molecule has 0 N–H and O–H groups in total. The van der Waals surface area contributed by atoms with E-state index in [1.807, 2.05) is 0 Å². The maximum Gasteiger partial charge on any atom is 1.00 e. The third-order valence-electron chi connectivity index (χ3n) is 0.667. The Morgan fingerprint density at radius 3 is 1.00 bits per heavy atom. The van der Waals surface area contributed by atoms with Crippen molar-refractivity contribution in [2.24, 2.45) is 0 Å². The van der Waals surface area contributed by atoms with Gasteiger partial charge in [-0.05, 0) is 0 Å². The summed E-state index contributed by atoms with van der Waals surface area (Å²) in [6.45, 7) is 0. The minimum Gasteiger partial charge on any atom is -0.543 e. The molecule has 0 aromatic rings. The van der Waals surface area contributed by atoms with Crippen LogP contribution in [0.1, 0.15) is 0 Å². The second kappa shape index (κ2) is 12.1. The Bertz CT molecular complexity index is 317. The Morgan fingerprint density at radius 2 is 0.778 bits per heavy atom. The van der Waals surface area contributed by atoms with Crippen LogP contribution in [0.3, 0.4) is 0 Å². The van der Waals surface area contributed by atoms with E-state index in [1.54, 1.807) is 0 Å². The van der Waals surface area contributed by atoms with Crippen molar-refractivity contribution >= 4 is 45.9 Å². The number of hydrogen-bond donors (Lipinski definition) is 0. The van der Waals surface area contributed by atoms with Gasteiger partial charge in [0.05, 0.1) is 0 Å². The zero-order valence-electron chi connectivity index (χ0n) is 8.99. The van der Waals surface area contributed by atoms with Crippen LogP contribution in [0.4, 0.5) is 0 Å². The van der Waals surface area contributed by atoms with Gasteiger partial charge in [0.1, 0.15) is 0 Å². The third-order valence-corrected chi connectivity index (χ3v) is 6.00. The van der Waals surface area contributed by atoms with Gasteiger partial charge in [-0.15, -0.1) is 0 Å². The zero-order chi connectivity index (χ0) is 12.7. The maximum atomic E-state index is 10.7. The Balaban J connectivity index is -0.00000112. The molecule has 0 aromatic carbocycles. The third kappa shape index (κ3) is 14.1. The average Bonchev–Trinajstić information content (AvgIpc) is 1.97. The second-order valence-electron chi connectivity index (χ2n) is 1.66. The molecule has 0 fully saturated rings. The second-order valence-corrected chi connectivity index (χ2v) is 7.42. The van der Waals surface area contributed by atoms with Gasteiger partial charge in [0, 0.05) is 0 Å². The smallest absolute Gasteiger partial charge is 0.543 e. The molecule has 0 bridgehead atoms. The van der Waals surface area contributed by atoms with Crippen LogP contribution in [0.15, 0.2) is 0 Å². The van der Waals surface area contributed by atoms with E-state index in [4.69, 9.17) is 0 Å². The Kier molecular flexibility index (Phi) is 15.6. The largest absolute Gasteiger partial charge is 1.00 e. The minimum atomic E-state index is -3.79. The first-order valence-corrected chi connectivity index (χ1v) is 9.19. The van der Waals surface area contributed by atoms with Gasteiger partial charge in [0.25, 0.3) is 0 Å². The summed E-state index contributed by atoms with van der Waals surface area (Å²) >= 11 is 0. The van der Waals surface area contributed by atoms with E-state index < -0.39 is 45.9 Å². The molecule has 0 radical (unpaired) electrons. The van der Waals surface area contributed by atoms with Crippen molar-refractivity contribution in [1.82, 2.24) is 0 Å². The molecule has 0 saturated heterocycles. The van der Waals surface area contributed by atoms with Gasteiger partial charge in [0.15, 0.2) is 0 Å². The first-order chi connectivity index (χ1) is 7.31. The van der Waals surface area contributed by atoms with E-state index >= 15 is 0 Å². The minimum absolute atomic E-state index is 0. The summed E-state index contributed by atoms with van der Waals surface area (Å²) < 4.78 is 66.3. The molecule has 18 heavy (non-hydrogen) atoms. The number of hydrogen-bond acceptors (Lipinski definition) is 11. The number of rotatable bonds is 8. The van der Waals surface area contributed by atoms with Crippen molar-refractivity contribution in [2.45, 2.75) is 0 Å².